The van der Waals surface area contributed by atoms with E-state index in [0.717, 1.165) is 4.88 Å². The molecule has 0 saturated carbocycles. The maximum Gasteiger partial charge on any atom is 0.263 e. The van der Waals surface area contributed by atoms with Crippen LogP contribution in [0.15, 0.2) is 46.7 Å². The summed E-state index contributed by atoms with van der Waals surface area (Å²) in [7, 11) is -3.48. The zero-order chi connectivity index (χ0) is 18.7. The molecular weight excluding hydrogens is 372 g/mol. The number of benzene rings is 1. The Morgan fingerprint density at radius 3 is 2.31 bits per heavy atom. The fraction of sp³-hybridized carbons (Fsp3) is 0.389. The van der Waals surface area contributed by atoms with Gasteiger partial charge in [0.1, 0.15) is 9.96 Å². The molecule has 26 heavy (non-hydrogen) atoms. The second kappa shape index (κ2) is 7.77. The second-order valence-corrected chi connectivity index (χ2v) is 9.62. The first kappa shape index (κ1) is 18.9. The van der Waals surface area contributed by atoms with Gasteiger partial charge in [0.25, 0.3) is 15.9 Å². The van der Waals surface area contributed by atoms with Crippen molar-refractivity contribution in [2.45, 2.75) is 24.2 Å². The van der Waals surface area contributed by atoms with E-state index in [2.05, 4.69) is 0 Å². The van der Waals surface area contributed by atoms with Crippen molar-refractivity contribution < 1.29 is 17.9 Å². The van der Waals surface area contributed by atoms with Gasteiger partial charge in [-0.3, -0.25) is 4.79 Å². The van der Waals surface area contributed by atoms with Gasteiger partial charge in [-0.25, -0.2) is 8.42 Å². The topological polar surface area (TPSA) is 66.9 Å². The molecule has 0 radical (unpaired) electrons. The summed E-state index contributed by atoms with van der Waals surface area (Å²) < 4.78 is 32.8. The Balaban J connectivity index is 1.58. The van der Waals surface area contributed by atoms with E-state index in [4.69, 9.17) is 4.74 Å². The first-order valence-corrected chi connectivity index (χ1v) is 10.7. The van der Waals surface area contributed by atoms with Crippen LogP contribution in [0, 0.1) is 6.92 Å². The average molecular weight is 395 g/mol. The van der Waals surface area contributed by atoms with Crippen LogP contribution < -0.4 is 4.74 Å². The molecule has 140 valence electrons. The number of sulfonamides is 1. The van der Waals surface area contributed by atoms with Crippen LogP contribution in [-0.4, -0.2) is 55.8 Å². The van der Waals surface area contributed by atoms with Gasteiger partial charge in [0.05, 0.1) is 0 Å². The number of hydrogen-bond donors (Lipinski definition) is 0. The Labute approximate surface area is 158 Å². The maximum atomic E-state index is 12.7. The number of thiophene rings is 1. The van der Waals surface area contributed by atoms with Crippen LogP contribution in [0.1, 0.15) is 11.8 Å². The number of rotatable bonds is 5. The Morgan fingerprint density at radius 2 is 1.73 bits per heavy atom. The van der Waals surface area contributed by atoms with Crippen molar-refractivity contribution in [1.29, 1.82) is 0 Å². The molecule has 2 aromatic rings. The first-order valence-electron chi connectivity index (χ1n) is 8.45. The molecule has 0 bridgehead atoms. The minimum absolute atomic E-state index is 0.127. The van der Waals surface area contributed by atoms with Gasteiger partial charge in [0.15, 0.2) is 6.10 Å². The van der Waals surface area contributed by atoms with E-state index in [0.29, 0.717) is 36.1 Å². The predicted octanol–water partition coefficient (Wildman–Crippen LogP) is 2.36. The van der Waals surface area contributed by atoms with Gasteiger partial charge in [0.2, 0.25) is 0 Å². The zero-order valence-electron chi connectivity index (χ0n) is 14.8. The molecule has 1 atom stereocenters. The molecule has 1 saturated heterocycles. The number of aryl methyl sites for hydroxylation is 1. The van der Waals surface area contributed by atoms with Gasteiger partial charge in [0, 0.05) is 31.1 Å². The van der Waals surface area contributed by atoms with E-state index in [1.807, 2.05) is 25.1 Å². The molecule has 3 rings (SSSR count). The highest BCUT2D eigenvalue weighted by Crippen LogP contribution is 2.25. The third-order valence-corrected chi connectivity index (χ3v) is 7.63. The maximum absolute atomic E-state index is 12.7. The summed E-state index contributed by atoms with van der Waals surface area (Å²) in [6.45, 7) is 4.92. The number of para-hydroxylation sites is 1. The quantitative estimate of drug-likeness (QED) is 0.781. The highest BCUT2D eigenvalue weighted by molar-refractivity contribution is 7.91. The van der Waals surface area contributed by atoms with Crippen LogP contribution in [0.25, 0.3) is 0 Å². The second-order valence-electron chi connectivity index (χ2n) is 6.17. The number of carbonyl (C=O) groups excluding carboxylic acids is 1. The van der Waals surface area contributed by atoms with Crippen molar-refractivity contribution in [2.75, 3.05) is 26.2 Å². The van der Waals surface area contributed by atoms with Crippen LogP contribution in [0.2, 0.25) is 0 Å². The summed E-state index contributed by atoms with van der Waals surface area (Å²) in [5.41, 5.74) is 0. The molecule has 1 aliphatic heterocycles. The van der Waals surface area contributed by atoms with Crippen molar-refractivity contribution >= 4 is 27.3 Å². The molecule has 8 heteroatoms. The summed E-state index contributed by atoms with van der Waals surface area (Å²) in [5, 5.41) is 0. The number of hydrogen-bond acceptors (Lipinski definition) is 5. The smallest absolute Gasteiger partial charge is 0.263 e. The molecule has 6 nitrogen and oxygen atoms in total. The molecule has 1 aromatic carbocycles. The largest absolute Gasteiger partial charge is 0.481 e. The molecule has 1 aromatic heterocycles. The Bertz CT molecular complexity index is 856. The minimum Gasteiger partial charge on any atom is -0.481 e. The SMILES string of the molecule is Cc1ccc(S(=O)(=O)N2CCN(C(=O)C(C)Oc3ccccc3)CC2)s1. The average Bonchev–Trinajstić information content (AvgIpc) is 3.09. The lowest BCUT2D eigenvalue weighted by atomic mass is 10.3. The third kappa shape index (κ3) is 4.08. The van der Waals surface area contributed by atoms with Crippen LogP contribution in [0.3, 0.4) is 0 Å². The van der Waals surface area contributed by atoms with Gasteiger partial charge >= 0.3 is 0 Å². The predicted molar refractivity (Wildman–Crippen MR) is 101 cm³/mol. The van der Waals surface area contributed by atoms with Crippen molar-refractivity contribution in [3.63, 3.8) is 0 Å². The molecule has 1 amide bonds. The summed E-state index contributed by atoms with van der Waals surface area (Å²) >= 11 is 1.27. The number of ether oxygens (including phenoxy) is 1. The normalized spacial score (nSPS) is 17.1. The summed E-state index contributed by atoms with van der Waals surface area (Å²) in [4.78, 5) is 15.2. The van der Waals surface area contributed by atoms with Crippen molar-refractivity contribution in [3.05, 3.63) is 47.3 Å². The van der Waals surface area contributed by atoms with E-state index >= 15 is 0 Å². The lowest BCUT2D eigenvalue weighted by Gasteiger charge is -2.34. The van der Waals surface area contributed by atoms with Crippen LogP contribution in [0.5, 0.6) is 5.75 Å². The molecule has 0 N–H and O–H groups in total. The Hall–Kier alpha value is -1.90. The molecular formula is C18H22N2O4S2. The summed E-state index contributed by atoms with van der Waals surface area (Å²) in [6, 6.07) is 12.6. The number of amides is 1. The van der Waals surface area contributed by atoms with Gasteiger partial charge in [-0.1, -0.05) is 18.2 Å². The monoisotopic (exact) mass is 394 g/mol. The Kier molecular flexibility index (Phi) is 5.64. The molecule has 2 heterocycles. The van der Waals surface area contributed by atoms with Crippen LogP contribution in [-0.2, 0) is 14.8 Å². The fourth-order valence-corrected chi connectivity index (χ4v) is 5.70. The van der Waals surface area contributed by atoms with E-state index in [-0.39, 0.29) is 5.91 Å². The van der Waals surface area contributed by atoms with Crippen molar-refractivity contribution in [2.24, 2.45) is 0 Å². The highest BCUT2D eigenvalue weighted by Gasteiger charge is 2.32. The third-order valence-electron chi connectivity index (χ3n) is 4.26. The van der Waals surface area contributed by atoms with Gasteiger partial charge < -0.3 is 9.64 Å². The lowest BCUT2D eigenvalue weighted by Crippen LogP contribution is -2.53. The molecule has 0 spiro atoms. The van der Waals surface area contributed by atoms with E-state index in [9.17, 15) is 13.2 Å². The number of piperazine rings is 1. The van der Waals surface area contributed by atoms with E-state index in [1.54, 1.807) is 36.1 Å². The van der Waals surface area contributed by atoms with Crippen molar-refractivity contribution in [1.82, 2.24) is 9.21 Å². The van der Waals surface area contributed by atoms with Gasteiger partial charge in [-0.15, -0.1) is 11.3 Å². The number of carbonyl (C=O) groups is 1. The zero-order valence-corrected chi connectivity index (χ0v) is 16.4. The highest BCUT2D eigenvalue weighted by atomic mass is 32.2. The van der Waals surface area contributed by atoms with Crippen LogP contribution in [0.4, 0.5) is 0 Å². The van der Waals surface area contributed by atoms with E-state index < -0.39 is 16.1 Å². The molecule has 1 aliphatic rings. The molecule has 0 aliphatic carbocycles. The summed E-state index contributed by atoms with van der Waals surface area (Å²) in [5.74, 6) is 0.514. The molecule has 1 unspecified atom stereocenters. The lowest BCUT2D eigenvalue weighted by molar-refractivity contribution is -0.139. The van der Waals surface area contributed by atoms with E-state index in [1.165, 1.54) is 15.6 Å². The number of nitrogens with zero attached hydrogens (tertiary/aromatic N) is 2. The summed E-state index contributed by atoms with van der Waals surface area (Å²) in [6.07, 6.45) is -0.611. The minimum atomic E-state index is -3.48. The molecule has 1 fully saturated rings. The standard InChI is InChI=1S/C18H22N2O4S2/c1-14-8-9-17(25-14)26(22,23)20-12-10-19(11-13-20)18(21)15(2)24-16-6-4-3-5-7-16/h3-9,15H,10-13H2,1-2H3. The van der Waals surface area contributed by atoms with Crippen LogP contribution >= 0.6 is 11.3 Å². The Morgan fingerprint density at radius 1 is 1.08 bits per heavy atom. The van der Waals surface area contributed by atoms with Crippen molar-refractivity contribution in [3.8, 4) is 5.75 Å². The van der Waals surface area contributed by atoms with Gasteiger partial charge in [-0.05, 0) is 38.1 Å². The first-order chi connectivity index (χ1) is 12.4. The van der Waals surface area contributed by atoms with Gasteiger partial charge in [-0.2, -0.15) is 4.31 Å². The fourth-order valence-electron chi connectivity index (χ4n) is 2.84.